The molecule has 1 N–H and O–H groups in total. The smallest absolute Gasteiger partial charge is 0.225 e. The van der Waals surface area contributed by atoms with Crippen LogP contribution in [0.5, 0.6) is 5.75 Å². The average Bonchev–Trinajstić information content (AvgIpc) is 2.86. The number of para-hydroxylation sites is 1. The molecule has 0 unspecified atom stereocenters. The fraction of sp³-hybridized carbons (Fsp3) is 0.407. The van der Waals surface area contributed by atoms with Crippen molar-refractivity contribution in [1.29, 1.82) is 0 Å². The molecule has 33 heavy (non-hydrogen) atoms. The summed E-state index contributed by atoms with van der Waals surface area (Å²) in [5.41, 5.74) is 1.93. The van der Waals surface area contributed by atoms with Gasteiger partial charge in [0.2, 0.25) is 5.91 Å². The van der Waals surface area contributed by atoms with Crippen LogP contribution in [0, 0.1) is 5.92 Å². The average molecular weight is 448 g/mol. The molecule has 2 aromatic carbocycles. The number of nitrogens with zero attached hydrogens (tertiary/aromatic N) is 3. The fourth-order valence-corrected chi connectivity index (χ4v) is 4.56. The maximum atomic E-state index is 13.3. The lowest BCUT2D eigenvalue weighted by Gasteiger charge is -2.35. The molecule has 174 valence electrons. The highest BCUT2D eigenvalue weighted by molar-refractivity contribution is 5.85. The van der Waals surface area contributed by atoms with Crippen LogP contribution in [0.25, 0.3) is 10.9 Å². The van der Waals surface area contributed by atoms with Crippen LogP contribution in [-0.2, 0) is 16.0 Å². The number of methoxy groups -OCH3 is 1. The van der Waals surface area contributed by atoms with E-state index < -0.39 is 0 Å². The van der Waals surface area contributed by atoms with Crippen molar-refractivity contribution in [2.45, 2.75) is 25.7 Å². The molecule has 4 rings (SSSR count). The predicted octanol–water partition coefficient (Wildman–Crippen LogP) is 4.26. The van der Waals surface area contributed by atoms with Crippen molar-refractivity contribution in [3.63, 3.8) is 0 Å². The molecule has 3 aromatic rings. The summed E-state index contributed by atoms with van der Waals surface area (Å²) in [6.07, 6.45) is 3.53. The number of phenols is 1. The summed E-state index contributed by atoms with van der Waals surface area (Å²) in [7, 11) is 1.68. The second-order valence-electron chi connectivity index (χ2n) is 8.69. The lowest BCUT2D eigenvalue weighted by atomic mass is 9.95. The molecular formula is C27H33N3O3. The van der Waals surface area contributed by atoms with Crippen molar-refractivity contribution < 1.29 is 14.6 Å². The number of phenolic OH excluding ortho intramolecular Hbond substituents is 1. The maximum absolute atomic E-state index is 13.3. The number of rotatable bonds is 9. The van der Waals surface area contributed by atoms with Gasteiger partial charge in [-0.05, 0) is 49.4 Å². The van der Waals surface area contributed by atoms with Crippen LogP contribution < -0.4 is 4.90 Å². The first-order valence-electron chi connectivity index (χ1n) is 11.8. The number of pyridine rings is 1. The summed E-state index contributed by atoms with van der Waals surface area (Å²) in [6.45, 7) is 3.51. The molecule has 2 heterocycles. The van der Waals surface area contributed by atoms with E-state index in [9.17, 15) is 9.90 Å². The van der Waals surface area contributed by atoms with Crippen LogP contribution >= 0.6 is 0 Å². The van der Waals surface area contributed by atoms with Crippen LogP contribution in [0.15, 0.2) is 60.7 Å². The zero-order chi connectivity index (χ0) is 23.0. The van der Waals surface area contributed by atoms with Crippen molar-refractivity contribution >= 4 is 22.6 Å². The van der Waals surface area contributed by atoms with Crippen LogP contribution in [-0.4, -0.2) is 60.8 Å². The zero-order valence-electron chi connectivity index (χ0n) is 19.3. The lowest BCUT2D eigenvalue weighted by molar-refractivity contribution is -0.136. The molecule has 1 saturated heterocycles. The molecule has 1 aliphatic heterocycles. The first kappa shape index (κ1) is 23.1. The summed E-state index contributed by atoms with van der Waals surface area (Å²) in [5, 5.41) is 11.1. The van der Waals surface area contributed by atoms with Gasteiger partial charge in [-0.25, -0.2) is 4.98 Å². The number of piperidine rings is 1. The topological polar surface area (TPSA) is 65.9 Å². The molecule has 0 radical (unpaired) electrons. The second kappa shape index (κ2) is 11.1. The third kappa shape index (κ3) is 5.82. The lowest BCUT2D eigenvalue weighted by Crippen LogP contribution is -2.44. The van der Waals surface area contributed by atoms with Gasteiger partial charge in [0.15, 0.2) is 0 Å². The van der Waals surface area contributed by atoms with E-state index in [-0.39, 0.29) is 17.6 Å². The maximum Gasteiger partial charge on any atom is 0.225 e. The summed E-state index contributed by atoms with van der Waals surface area (Å²) >= 11 is 0. The molecule has 0 spiro atoms. The van der Waals surface area contributed by atoms with E-state index >= 15 is 0 Å². The number of fused-ring (bicyclic) bond motifs is 1. The third-order valence-electron chi connectivity index (χ3n) is 6.47. The van der Waals surface area contributed by atoms with E-state index in [1.54, 1.807) is 13.2 Å². The molecule has 0 atom stereocenters. The molecule has 1 fully saturated rings. The fourth-order valence-electron chi connectivity index (χ4n) is 4.56. The Morgan fingerprint density at radius 2 is 1.85 bits per heavy atom. The Balaban J connectivity index is 1.34. The van der Waals surface area contributed by atoms with Crippen molar-refractivity contribution in [3.8, 4) is 5.75 Å². The SMILES string of the molecule is COCCN(CCCc1ccccc1)C(=O)C1CCN(c2ccc3cccc(O)c3n2)CC1. The zero-order valence-corrected chi connectivity index (χ0v) is 19.3. The summed E-state index contributed by atoms with van der Waals surface area (Å²) in [6, 6.07) is 19.8. The van der Waals surface area contributed by atoms with Gasteiger partial charge in [0.05, 0.1) is 6.61 Å². The minimum atomic E-state index is 0.0312. The quantitative estimate of drug-likeness (QED) is 0.531. The van der Waals surface area contributed by atoms with Crippen LogP contribution in [0.4, 0.5) is 5.82 Å². The monoisotopic (exact) mass is 447 g/mol. The molecule has 1 aromatic heterocycles. The largest absolute Gasteiger partial charge is 0.506 e. The number of benzene rings is 2. The van der Waals surface area contributed by atoms with E-state index in [0.29, 0.717) is 18.7 Å². The minimum absolute atomic E-state index is 0.0312. The first-order chi connectivity index (χ1) is 16.2. The Hall–Kier alpha value is -3.12. The van der Waals surface area contributed by atoms with Crippen molar-refractivity contribution in [2.24, 2.45) is 5.92 Å². The van der Waals surface area contributed by atoms with Crippen molar-refractivity contribution in [2.75, 3.05) is 44.8 Å². The van der Waals surface area contributed by atoms with Gasteiger partial charge in [-0.15, -0.1) is 0 Å². The predicted molar refractivity (Wildman–Crippen MR) is 132 cm³/mol. The molecule has 0 bridgehead atoms. The van der Waals surface area contributed by atoms with Crippen LogP contribution in [0.3, 0.4) is 0 Å². The minimum Gasteiger partial charge on any atom is -0.506 e. The number of anilines is 1. The number of hydrogen-bond acceptors (Lipinski definition) is 5. The van der Waals surface area contributed by atoms with Crippen LogP contribution in [0.1, 0.15) is 24.8 Å². The standard InChI is InChI=1S/C27H33N3O3/c1-33-20-19-30(16-6-9-21-7-3-2-4-8-21)27(32)23-14-17-29(18-15-23)25-13-12-22-10-5-11-24(31)26(22)28-25/h2-5,7-8,10-13,23,31H,6,9,14-20H2,1H3. The third-order valence-corrected chi connectivity index (χ3v) is 6.47. The van der Waals surface area contributed by atoms with Gasteiger partial charge in [-0.2, -0.15) is 0 Å². The Morgan fingerprint density at radius 3 is 2.61 bits per heavy atom. The van der Waals surface area contributed by atoms with Gasteiger partial charge in [0, 0.05) is 44.6 Å². The van der Waals surface area contributed by atoms with Crippen molar-refractivity contribution in [3.05, 3.63) is 66.2 Å². The number of ether oxygens (including phenoxy) is 1. The van der Waals surface area contributed by atoms with Gasteiger partial charge in [0.25, 0.3) is 0 Å². The molecule has 1 aliphatic rings. The van der Waals surface area contributed by atoms with Crippen LogP contribution in [0.2, 0.25) is 0 Å². The van der Waals surface area contributed by atoms with E-state index in [2.05, 4.69) is 34.1 Å². The number of hydrogen-bond donors (Lipinski definition) is 1. The van der Waals surface area contributed by atoms with Gasteiger partial charge in [-0.3, -0.25) is 4.79 Å². The van der Waals surface area contributed by atoms with Gasteiger partial charge >= 0.3 is 0 Å². The van der Waals surface area contributed by atoms with Crippen molar-refractivity contribution in [1.82, 2.24) is 9.88 Å². The Kier molecular flexibility index (Phi) is 7.79. The first-order valence-corrected chi connectivity index (χ1v) is 11.8. The van der Waals surface area contributed by atoms with Gasteiger partial charge in [0.1, 0.15) is 17.1 Å². The molecule has 1 amide bonds. The summed E-state index contributed by atoms with van der Waals surface area (Å²) < 4.78 is 5.26. The van der Waals surface area contributed by atoms with E-state index in [0.717, 1.165) is 56.5 Å². The van der Waals surface area contributed by atoms with Gasteiger partial charge < -0.3 is 19.6 Å². The molecule has 0 aliphatic carbocycles. The number of aryl methyl sites for hydroxylation is 1. The highest BCUT2D eigenvalue weighted by atomic mass is 16.5. The number of amides is 1. The summed E-state index contributed by atoms with van der Waals surface area (Å²) in [5.74, 6) is 1.32. The number of carbonyl (C=O) groups excluding carboxylic acids is 1. The highest BCUT2D eigenvalue weighted by Crippen LogP contribution is 2.28. The Bertz CT molecular complexity index is 1050. The molecule has 6 nitrogen and oxygen atoms in total. The normalized spacial score (nSPS) is 14.5. The second-order valence-corrected chi connectivity index (χ2v) is 8.69. The molecule has 0 saturated carbocycles. The Labute approximate surface area is 195 Å². The number of carbonyl (C=O) groups is 1. The van der Waals surface area contributed by atoms with E-state index in [1.165, 1.54) is 5.56 Å². The number of aromatic hydroxyl groups is 1. The number of aromatic nitrogens is 1. The highest BCUT2D eigenvalue weighted by Gasteiger charge is 2.29. The van der Waals surface area contributed by atoms with Gasteiger partial charge in [-0.1, -0.05) is 42.5 Å². The molecule has 6 heteroatoms. The summed E-state index contributed by atoms with van der Waals surface area (Å²) in [4.78, 5) is 22.2. The van der Waals surface area contributed by atoms with E-state index in [1.807, 2.05) is 35.2 Å². The Morgan fingerprint density at radius 1 is 1.06 bits per heavy atom. The molecular weight excluding hydrogens is 414 g/mol. The van der Waals surface area contributed by atoms with E-state index in [4.69, 9.17) is 4.74 Å².